The lowest BCUT2D eigenvalue weighted by atomic mass is 9.95. The van der Waals surface area contributed by atoms with Crippen LogP contribution in [0.4, 0.5) is 0 Å². The summed E-state index contributed by atoms with van der Waals surface area (Å²) in [4.78, 5) is 0. The number of nitrogens with two attached hydrogens (primary N) is 1. The van der Waals surface area contributed by atoms with Crippen molar-refractivity contribution in [2.75, 3.05) is 13.7 Å². The van der Waals surface area contributed by atoms with Gasteiger partial charge in [-0.2, -0.15) is 0 Å². The molecule has 0 atom stereocenters. The predicted octanol–water partition coefficient (Wildman–Crippen LogP) is 2.59. The summed E-state index contributed by atoms with van der Waals surface area (Å²) >= 11 is 3.58. The molecule has 0 unspecified atom stereocenters. The van der Waals surface area contributed by atoms with Crippen molar-refractivity contribution in [3.8, 4) is 0 Å². The fraction of sp³-hybridized carbons (Fsp3) is 0.500. The largest absolute Gasteiger partial charge is 0.380 e. The summed E-state index contributed by atoms with van der Waals surface area (Å²) in [6.07, 6.45) is 2.44. The van der Waals surface area contributed by atoms with Crippen molar-refractivity contribution in [2.45, 2.75) is 24.9 Å². The molecule has 0 bridgehead atoms. The summed E-state index contributed by atoms with van der Waals surface area (Å²) in [5.74, 6) is 0. The van der Waals surface area contributed by atoms with Crippen LogP contribution in [0.5, 0.6) is 0 Å². The van der Waals surface area contributed by atoms with Crippen molar-refractivity contribution in [1.82, 2.24) is 0 Å². The molecule has 1 aromatic rings. The maximum Gasteiger partial charge on any atom is 0.0724 e. The topological polar surface area (TPSA) is 35.2 Å². The summed E-state index contributed by atoms with van der Waals surface area (Å²) in [5, 5.41) is 0. The normalized spacial score (nSPS) is 17.8. The highest BCUT2D eigenvalue weighted by Gasteiger charge is 2.42. The van der Waals surface area contributed by atoms with Gasteiger partial charge in [0.05, 0.1) is 6.61 Å². The van der Waals surface area contributed by atoms with Gasteiger partial charge in [0.2, 0.25) is 0 Å². The Morgan fingerprint density at radius 2 is 2.20 bits per heavy atom. The molecule has 1 fully saturated rings. The Kier molecular flexibility index (Phi) is 3.14. The molecule has 0 amide bonds. The van der Waals surface area contributed by atoms with Crippen LogP contribution in [0.15, 0.2) is 22.7 Å². The van der Waals surface area contributed by atoms with E-state index < -0.39 is 0 Å². The number of benzene rings is 1. The van der Waals surface area contributed by atoms with Gasteiger partial charge in [0.1, 0.15) is 0 Å². The lowest BCUT2D eigenvalue weighted by Crippen LogP contribution is -2.19. The Hall–Kier alpha value is -0.380. The second kappa shape index (κ2) is 4.24. The third-order valence-electron chi connectivity index (χ3n) is 3.21. The summed E-state index contributed by atoms with van der Waals surface area (Å²) in [6, 6.07) is 6.49. The summed E-state index contributed by atoms with van der Waals surface area (Å²) in [6.45, 7) is 1.40. The molecule has 0 heterocycles. The molecular weight excluding hydrogens is 254 g/mol. The molecular formula is C12H16BrNO. The molecule has 0 saturated heterocycles. The Morgan fingerprint density at radius 3 is 2.67 bits per heavy atom. The average Bonchev–Trinajstić information content (AvgIpc) is 3.02. The SMILES string of the molecule is COCc1ccc(C2(CN)CC2)cc1Br. The van der Waals surface area contributed by atoms with E-state index in [1.165, 1.54) is 24.0 Å². The summed E-state index contributed by atoms with van der Waals surface area (Å²) < 4.78 is 6.25. The Morgan fingerprint density at radius 1 is 1.47 bits per heavy atom. The van der Waals surface area contributed by atoms with Gasteiger partial charge in [0.25, 0.3) is 0 Å². The zero-order valence-corrected chi connectivity index (χ0v) is 10.5. The Balaban J connectivity index is 2.25. The quantitative estimate of drug-likeness (QED) is 0.912. The smallest absolute Gasteiger partial charge is 0.0724 e. The van der Waals surface area contributed by atoms with E-state index in [0.717, 1.165) is 11.0 Å². The first-order valence-electron chi connectivity index (χ1n) is 5.20. The van der Waals surface area contributed by atoms with Crippen LogP contribution in [0.25, 0.3) is 0 Å². The lowest BCUT2D eigenvalue weighted by Gasteiger charge is -2.14. The molecule has 82 valence electrons. The number of hydrogen-bond acceptors (Lipinski definition) is 2. The summed E-state index contributed by atoms with van der Waals surface area (Å²) in [7, 11) is 1.71. The van der Waals surface area contributed by atoms with Gasteiger partial charge in [-0.15, -0.1) is 0 Å². The summed E-state index contributed by atoms with van der Waals surface area (Å²) in [5.41, 5.74) is 8.63. The fourth-order valence-corrected chi connectivity index (χ4v) is 2.40. The van der Waals surface area contributed by atoms with E-state index in [1.807, 2.05) is 0 Å². The van der Waals surface area contributed by atoms with Crippen LogP contribution in [-0.2, 0) is 16.8 Å². The molecule has 15 heavy (non-hydrogen) atoms. The van der Waals surface area contributed by atoms with Crippen molar-refractivity contribution in [3.05, 3.63) is 33.8 Å². The zero-order valence-electron chi connectivity index (χ0n) is 8.92. The molecule has 1 aromatic carbocycles. The van der Waals surface area contributed by atoms with Gasteiger partial charge in [0.15, 0.2) is 0 Å². The highest BCUT2D eigenvalue weighted by Crippen LogP contribution is 2.47. The van der Waals surface area contributed by atoms with Crippen molar-refractivity contribution in [3.63, 3.8) is 0 Å². The van der Waals surface area contributed by atoms with Gasteiger partial charge >= 0.3 is 0 Å². The van der Waals surface area contributed by atoms with E-state index in [0.29, 0.717) is 6.61 Å². The van der Waals surface area contributed by atoms with Crippen molar-refractivity contribution in [2.24, 2.45) is 5.73 Å². The molecule has 1 aliphatic rings. The number of hydrogen-bond donors (Lipinski definition) is 1. The van der Waals surface area contributed by atoms with Crippen LogP contribution in [0, 0.1) is 0 Å². The van der Waals surface area contributed by atoms with Gasteiger partial charge in [-0.25, -0.2) is 0 Å². The van der Waals surface area contributed by atoms with Crippen molar-refractivity contribution >= 4 is 15.9 Å². The number of halogens is 1. The van der Waals surface area contributed by atoms with Gasteiger partial charge < -0.3 is 10.5 Å². The fourth-order valence-electron chi connectivity index (χ4n) is 1.91. The molecule has 0 spiro atoms. The predicted molar refractivity (Wildman–Crippen MR) is 64.8 cm³/mol. The third kappa shape index (κ3) is 2.10. The maximum atomic E-state index is 5.81. The monoisotopic (exact) mass is 269 g/mol. The van der Waals surface area contributed by atoms with Crippen molar-refractivity contribution < 1.29 is 4.74 Å². The number of rotatable bonds is 4. The third-order valence-corrected chi connectivity index (χ3v) is 3.95. The molecule has 0 radical (unpaired) electrons. The number of methoxy groups -OCH3 is 1. The van der Waals surface area contributed by atoms with Crippen LogP contribution in [0.2, 0.25) is 0 Å². The molecule has 1 aliphatic carbocycles. The van der Waals surface area contributed by atoms with E-state index in [-0.39, 0.29) is 5.41 Å². The Labute approximate surface area is 98.9 Å². The number of ether oxygens (including phenoxy) is 1. The highest BCUT2D eigenvalue weighted by atomic mass is 79.9. The molecule has 2 rings (SSSR count). The van der Waals surface area contributed by atoms with E-state index in [9.17, 15) is 0 Å². The molecule has 2 N–H and O–H groups in total. The minimum absolute atomic E-state index is 0.272. The van der Waals surface area contributed by atoms with Gasteiger partial charge in [-0.3, -0.25) is 0 Å². The molecule has 0 aliphatic heterocycles. The average molecular weight is 270 g/mol. The maximum absolute atomic E-state index is 5.81. The lowest BCUT2D eigenvalue weighted by molar-refractivity contribution is 0.184. The first kappa shape index (κ1) is 11.1. The van der Waals surface area contributed by atoms with E-state index in [4.69, 9.17) is 10.5 Å². The van der Waals surface area contributed by atoms with Crippen LogP contribution in [0.3, 0.4) is 0 Å². The van der Waals surface area contributed by atoms with Crippen molar-refractivity contribution in [1.29, 1.82) is 0 Å². The van der Waals surface area contributed by atoms with E-state index in [1.54, 1.807) is 7.11 Å². The zero-order chi connectivity index (χ0) is 10.9. The second-order valence-electron chi connectivity index (χ2n) is 4.22. The van der Waals surface area contributed by atoms with Crippen LogP contribution >= 0.6 is 15.9 Å². The van der Waals surface area contributed by atoms with Crippen LogP contribution < -0.4 is 5.73 Å². The molecule has 3 heteroatoms. The first-order chi connectivity index (χ1) is 7.22. The van der Waals surface area contributed by atoms with Gasteiger partial charge in [-0.05, 0) is 30.0 Å². The standard InChI is InChI=1S/C12H16BrNO/c1-15-7-9-2-3-10(6-11(9)13)12(8-14)4-5-12/h2-3,6H,4-5,7-8,14H2,1H3. The Bertz CT molecular complexity index is 361. The second-order valence-corrected chi connectivity index (χ2v) is 5.08. The van der Waals surface area contributed by atoms with Crippen LogP contribution in [-0.4, -0.2) is 13.7 Å². The first-order valence-corrected chi connectivity index (χ1v) is 5.99. The van der Waals surface area contributed by atoms with E-state index in [2.05, 4.69) is 34.1 Å². The van der Waals surface area contributed by atoms with Gasteiger partial charge in [-0.1, -0.05) is 28.1 Å². The molecule has 0 aromatic heterocycles. The molecule has 1 saturated carbocycles. The van der Waals surface area contributed by atoms with E-state index >= 15 is 0 Å². The van der Waals surface area contributed by atoms with Crippen LogP contribution in [0.1, 0.15) is 24.0 Å². The minimum Gasteiger partial charge on any atom is -0.380 e. The molecule has 2 nitrogen and oxygen atoms in total. The minimum atomic E-state index is 0.272. The van der Waals surface area contributed by atoms with Gasteiger partial charge in [0, 0.05) is 23.5 Å². The highest BCUT2D eigenvalue weighted by molar-refractivity contribution is 9.10.